The molecule has 0 radical (unpaired) electrons. The Morgan fingerprint density at radius 1 is 1.34 bits per heavy atom. The number of aromatic nitrogens is 2. The molecular formula is C23H28ClN7O. The fourth-order valence-electron chi connectivity index (χ4n) is 4.23. The largest absolute Gasteiger partial charge is 0.391 e. The van der Waals surface area contributed by atoms with Gasteiger partial charge in [-0.2, -0.15) is 5.26 Å². The Hall–Kier alpha value is -2.89. The molecule has 1 saturated heterocycles. The van der Waals surface area contributed by atoms with Crippen molar-refractivity contribution >= 4 is 34.8 Å². The molecule has 0 saturated carbocycles. The first-order valence-corrected chi connectivity index (χ1v) is 11.4. The van der Waals surface area contributed by atoms with Gasteiger partial charge in [0.1, 0.15) is 24.1 Å². The van der Waals surface area contributed by atoms with E-state index in [1.807, 2.05) is 6.92 Å². The summed E-state index contributed by atoms with van der Waals surface area (Å²) in [5, 5.41) is 12.8. The number of hydrogen-bond donors (Lipinski definition) is 2. The lowest BCUT2D eigenvalue weighted by atomic mass is 9.85. The molecule has 1 aromatic heterocycles. The van der Waals surface area contributed by atoms with Gasteiger partial charge in [0.25, 0.3) is 0 Å². The van der Waals surface area contributed by atoms with Gasteiger partial charge in [-0.1, -0.05) is 25.4 Å². The van der Waals surface area contributed by atoms with E-state index < -0.39 is 0 Å². The third kappa shape index (κ3) is 4.64. The predicted octanol–water partition coefficient (Wildman–Crippen LogP) is 4.58. The lowest BCUT2D eigenvalue weighted by Gasteiger charge is -2.35. The maximum absolute atomic E-state index is 9.03. The zero-order chi connectivity index (χ0) is 22.7. The van der Waals surface area contributed by atoms with Crippen molar-refractivity contribution in [2.75, 3.05) is 23.3 Å². The Bertz CT molecular complexity index is 1040. The van der Waals surface area contributed by atoms with Gasteiger partial charge >= 0.3 is 0 Å². The van der Waals surface area contributed by atoms with Gasteiger partial charge in [0.05, 0.1) is 22.3 Å². The van der Waals surface area contributed by atoms with Crippen LogP contribution in [0.4, 0.5) is 17.3 Å². The maximum atomic E-state index is 9.03. The highest BCUT2D eigenvalue weighted by atomic mass is 35.5. The molecule has 0 aliphatic carbocycles. The van der Waals surface area contributed by atoms with Crippen molar-refractivity contribution in [2.24, 2.45) is 16.8 Å². The molecule has 9 heteroatoms. The van der Waals surface area contributed by atoms with E-state index in [1.54, 1.807) is 24.5 Å². The zero-order valence-electron chi connectivity index (χ0n) is 18.6. The van der Waals surface area contributed by atoms with E-state index in [4.69, 9.17) is 21.7 Å². The fraction of sp³-hybridized carbons (Fsp3) is 0.478. The van der Waals surface area contributed by atoms with E-state index >= 15 is 0 Å². The molecule has 1 aromatic carbocycles. The van der Waals surface area contributed by atoms with E-state index in [0.717, 1.165) is 49.6 Å². The van der Waals surface area contributed by atoms with Crippen LogP contribution in [0.3, 0.4) is 0 Å². The summed E-state index contributed by atoms with van der Waals surface area (Å²) in [7, 11) is 0. The average molecular weight is 454 g/mol. The van der Waals surface area contributed by atoms with Gasteiger partial charge in [0.15, 0.2) is 0 Å². The predicted molar refractivity (Wildman–Crippen MR) is 126 cm³/mol. The van der Waals surface area contributed by atoms with Crippen molar-refractivity contribution in [3.63, 3.8) is 0 Å². The second-order valence-electron chi connectivity index (χ2n) is 8.33. The number of hydroxylamine groups is 1. The Labute approximate surface area is 193 Å². The van der Waals surface area contributed by atoms with Crippen LogP contribution < -0.4 is 15.7 Å². The van der Waals surface area contributed by atoms with Crippen molar-refractivity contribution in [3.05, 3.63) is 40.7 Å². The smallest absolute Gasteiger partial charge is 0.214 e. The number of anilines is 3. The first-order chi connectivity index (χ1) is 15.5. The number of piperidine rings is 1. The van der Waals surface area contributed by atoms with Crippen LogP contribution in [0.5, 0.6) is 0 Å². The van der Waals surface area contributed by atoms with Crippen molar-refractivity contribution < 1.29 is 4.84 Å². The van der Waals surface area contributed by atoms with Crippen LogP contribution in [0.25, 0.3) is 0 Å². The molecule has 0 bridgehead atoms. The van der Waals surface area contributed by atoms with Crippen LogP contribution in [0, 0.1) is 30.1 Å². The second kappa shape index (κ2) is 9.72. The summed E-state index contributed by atoms with van der Waals surface area (Å²) < 4.78 is 0. The molecule has 2 N–H and O–H groups in total. The minimum atomic E-state index is 0.0757. The molecule has 2 aliphatic rings. The zero-order valence-corrected chi connectivity index (χ0v) is 19.4. The molecule has 0 spiro atoms. The number of rotatable bonds is 6. The van der Waals surface area contributed by atoms with Gasteiger partial charge in [-0.15, -0.1) is 5.48 Å². The van der Waals surface area contributed by atoms with Gasteiger partial charge in [0, 0.05) is 24.6 Å². The molecule has 4 rings (SSSR count). The standard InChI is InChI=1S/C23H28ClN7O/c1-4-20-29-23(32-30-20)14(2)17-7-9-31(10-8-17)22-15(3)21(26-13-27-22)28-19-6-5-16(12-25)11-18(19)24/h5-6,11,13-14,17,20,30H,4,7-10H2,1-3H3,(H,26,27,28). The van der Waals surface area contributed by atoms with Crippen molar-refractivity contribution in [3.8, 4) is 6.07 Å². The van der Waals surface area contributed by atoms with Crippen LogP contribution >= 0.6 is 11.6 Å². The molecule has 1 fully saturated rings. The fourth-order valence-corrected chi connectivity index (χ4v) is 4.46. The van der Waals surface area contributed by atoms with E-state index in [0.29, 0.717) is 33.9 Å². The molecule has 8 nitrogen and oxygen atoms in total. The lowest BCUT2D eigenvalue weighted by Crippen LogP contribution is -2.38. The van der Waals surface area contributed by atoms with Crippen LogP contribution in [0.2, 0.25) is 5.02 Å². The third-order valence-electron chi connectivity index (χ3n) is 6.31. The van der Waals surface area contributed by atoms with Crippen molar-refractivity contribution in [1.82, 2.24) is 15.4 Å². The molecule has 168 valence electrons. The summed E-state index contributed by atoms with van der Waals surface area (Å²) in [5.41, 5.74) is 5.19. The number of halogens is 1. The van der Waals surface area contributed by atoms with Crippen molar-refractivity contribution in [1.29, 1.82) is 5.26 Å². The van der Waals surface area contributed by atoms with Gasteiger partial charge in [0.2, 0.25) is 5.90 Å². The molecule has 32 heavy (non-hydrogen) atoms. The summed E-state index contributed by atoms with van der Waals surface area (Å²) >= 11 is 6.32. The molecule has 2 aliphatic heterocycles. The number of hydrogen-bond acceptors (Lipinski definition) is 8. The van der Waals surface area contributed by atoms with Gasteiger partial charge in [-0.25, -0.2) is 15.0 Å². The summed E-state index contributed by atoms with van der Waals surface area (Å²) in [4.78, 5) is 21.6. The van der Waals surface area contributed by atoms with Crippen LogP contribution in [-0.2, 0) is 4.84 Å². The maximum Gasteiger partial charge on any atom is 0.214 e. The Kier molecular flexibility index (Phi) is 6.77. The number of aliphatic imine (C=N–C) groups is 1. The minimum Gasteiger partial charge on any atom is -0.391 e. The average Bonchev–Trinajstić information content (AvgIpc) is 3.30. The van der Waals surface area contributed by atoms with E-state index in [9.17, 15) is 0 Å². The summed E-state index contributed by atoms with van der Waals surface area (Å²) in [6.07, 6.45) is 4.68. The quantitative estimate of drug-likeness (QED) is 0.660. The Morgan fingerprint density at radius 3 is 2.78 bits per heavy atom. The molecule has 0 amide bonds. The van der Waals surface area contributed by atoms with Crippen LogP contribution in [-0.4, -0.2) is 35.1 Å². The first kappa shape index (κ1) is 22.3. The van der Waals surface area contributed by atoms with Gasteiger partial charge in [-0.3, -0.25) is 0 Å². The highest BCUT2D eigenvalue weighted by Crippen LogP contribution is 2.33. The number of nitriles is 1. The Balaban J connectivity index is 1.43. The number of nitrogens with one attached hydrogen (secondary N) is 2. The summed E-state index contributed by atoms with van der Waals surface area (Å²) in [6, 6.07) is 7.26. The van der Waals surface area contributed by atoms with E-state index in [1.165, 1.54) is 0 Å². The molecule has 2 unspecified atom stereocenters. The number of nitrogens with zero attached hydrogens (tertiary/aromatic N) is 5. The first-order valence-electron chi connectivity index (χ1n) is 11.0. The topological polar surface area (TPSA) is 98.5 Å². The van der Waals surface area contributed by atoms with Crippen LogP contribution in [0.15, 0.2) is 29.5 Å². The normalized spacial score (nSPS) is 19.8. The lowest BCUT2D eigenvalue weighted by molar-refractivity contribution is 0.158. The SMILES string of the molecule is CCC1N=C(C(C)C2CCN(c3ncnc(Nc4ccc(C#N)cc4Cl)c3C)CC2)ON1. The molecule has 2 aromatic rings. The van der Waals surface area contributed by atoms with E-state index in [-0.39, 0.29) is 6.17 Å². The number of benzene rings is 1. The highest BCUT2D eigenvalue weighted by Gasteiger charge is 2.32. The highest BCUT2D eigenvalue weighted by molar-refractivity contribution is 6.33. The molecule has 3 heterocycles. The van der Waals surface area contributed by atoms with E-state index in [2.05, 4.69) is 50.6 Å². The van der Waals surface area contributed by atoms with Gasteiger partial charge in [-0.05, 0) is 50.3 Å². The van der Waals surface area contributed by atoms with Crippen molar-refractivity contribution in [2.45, 2.75) is 46.2 Å². The summed E-state index contributed by atoms with van der Waals surface area (Å²) in [6.45, 7) is 8.16. The molecule has 2 atom stereocenters. The second-order valence-corrected chi connectivity index (χ2v) is 8.73. The third-order valence-corrected chi connectivity index (χ3v) is 6.63. The van der Waals surface area contributed by atoms with Gasteiger partial charge < -0.3 is 15.1 Å². The monoisotopic (exact) mass is 453 g/mol. The van der Waals surface area contributed by atoms with Crippen LogP contribution in [0.1, 0.15) is 44.2 Å². The Morgan fingerprint density at radius 2 is 2.12 bits per heavy atom. The molecular weight excluding hydrogens is 426 g/mol. The summed E-state index contributed by atoms with van der Waals surface area (Å²) in [5.74, 6) is 3.30. The minimum absolute atomic E-state index is 0.0757.